The average molecular weight is 320 g/mol. The Kier molecular flexibility index (Phi) is 3.54. The minimum Gasteiger partial charge on any atom is -0.390 e. The van der Waals surface area contributed by atoms with Crippen molar-refractivity contribution in [3.63, 3.8) is 0 Å². The van der Waals surface area contributed by atoms with Crippen LogP contribution >= 0.6 is 0 Å². The Morgan fingerprint density at radius 1 is 1.09 bits per heavy atom. The number of hydrogen-bond acceptors (Lipinski definition) is 3. The number of rotatable bonds is 0. The van der Waals surface area contributed by atoms with Gasteiger partial charge in [-0.05, 0) is 75.7 Å². The Morgan fingerprint density at radius 3 is 2.57 bits per heavy atom. The van der Waals surface area contributed by atoms with Gasteiger partial charge in [0.05, 0.1) is 17.8 Å². The van der Waals surface area contributed by atoms with Crippen LogP contribution in [0.5, 0.6) is 0 Å². The van der Waals surface area contributed by atoms with E-state index in [1.165, 1.54) is 11.1 Å². The molecular formula is C20H32O3. The molecule has 0 aromatic rings. The second kappa shape index (κ2) is 5.06. The van der Waals surface area contributed by atoms with Gasteiger partial charge in [0, 0.05) is 5.41 Å². The van der Waals surface area contributed by atoms with E-state index in [0.29, 0.717) is 17.8 Å². The van der Waals surface area contributed by atoms with Crippen molar-refractivity contribution in [2.24, 2.45) is 23.2 Å². The average Bonchev–Trinajstić information content (AvgIpc) is 2.80. The molecule has 0 aromatic heterocycles. The molecule has 8 atom stereocenters. The maximum atomic E-state index is 11.1. The fraction of sp³-hybridized carbons (Fsp3) is 0.900. The van der Waals surface area contributed by atoms with E-state index < -0.39 is 17.8 Å². The molecular weight excluding hydrogens is 288 g/mol. The first-order valence-electron chi connectivity index (χ1n) is 9.52. The summed E-state index contributed by atoms with van der Waals surface area (Å²) in [5.41, 5.74) is 2.18. The van der Waals surface area contributed by atoms with Crippen LogP contribution in [0.2, 0.25) is 0 Å². The van der Waals surface area contributed by atoms with E-state index in [9.17, 15) is 10.2 Å². The summed E-state index contributed by atoms with van der Waals surface area (Å²) in [5.74, 6) is 1.44. The largest absolute Gasteiger partial charge is 0.390 e. The summed E-state index contributed by atoms with van der Waals surface area (Å²) in [6.45, 7) is 8.94. The van der Waals surface area contributed by atoms with Crippen LogP contribution in [0, 0.1) is 23.2 Å². The number of fused-ring (bicyclic) bond motifs is 5. The van der Waals surface area contributed by atoms with Crippen LogP contribution in [0.15, 0.2) is 11.1 Å². The van der Waals surface area contributed by atoms with E-state index in [0.717, 1.165) is 38.5 Å². The minimum atomic E-state index is -0.511. The third-order valence-electron chi connectivity index (χ3n) is 7.99. The molecule has 5 rings (SSSR count). The molecule has 0 aromatic carbocycles. The van der Waals surface area contributed by atoms with Crippen molar-refractivity contribution in [1.29, 1.82) is 0 Å². The molecule has 3 nitrogen and oxygen atoms in total. The van der Waals surface area contributed by atoms with Crippen LogP contribution in [0.25, 0.3) is 0 Å². The van der Waals surface area contributed by atoms with E-state index in [1.54, 1.807) is 0 Å². The van der Waals surface area contributed by atoms with Crippen molar-refractivity contribution in [1.82, 2.24) is 0 Å². The molecule has 6 bridgehead atoms. The molecule has 3 aliphatic carbocycles. The first kappa shape index (κ1) is 16.1. The molecule has 2 N–H and O–H groups in total. The van der Waals surface area contributed by atoms with Crippen LogP contribution in [0.1, 0.15) is 66.2 Å². The maximum absolute atomic E-state index is 11.1. The number of allylic oxidation sites excluding steroid dienone is 1. The fourth-order valence-electron chi connectivity index (χ4n) is 6.46. The van der Waals surface area contributed by atoms with Crippen molar-refractivity contribution < 1.29 is 14.9 Å². The van der Waals surface area contributed by atoms with Gasteiger partial charge in [0.1, 0.15) is 6.10 Å². The predicted octanol–water partition coefficient (Wildman–Crippen LogP) is 3.44. The Bertz CT molecular complexity index is 541. The third-order valence-corrected chi connectivity index (χ3v) is 7.99. The second-order valence-electron chi connectivity index (χ2n) is 9.24. The summed E-state index contributed by atoms with van der Waals surface area (Å²) in [5, 5.41) is 22.1. The lowest BCUT2D eigenvalue weighted by Gasteiger charge is -2.59. The number of ether oxygens (including phenoxy) is 1. The molecule has 0 radical (unpaired) electrons. The molecule has 2 saturated heterocycles. The van der Waals surface area contributed by atoms with Crippen molar-refractivity contribution in [2.45, 2.75) is 90.1 Å². The minimum absolute atomic E-state index is 0.0383. The van der Waals surface area contributed by atoms with E-state index in [1.807, 2.05) is 0 Å². The monoisotopic (exact) mass is 320 g/mol. The highest BCUT2D eigenvalue weighted by molar-refractivity contribution is 5.34. The molecule has 23 heavy (non-hydrogen) atoms. The van der Waals surface area contributed by atoms with Gasteiger partial charge in [-0.1, -0.05) is 19.4 Å². The SMILES string of the molecule is CC1=C2CC[C@@H](C)CC[C@H](O)[C@]3(C)O[C@H]([C@H]2O)[C@@]2(C)CC[C@@H]3[C@@H]12. The van der Waals surface area contributed by atoms with E-state index in [-0.39, 0.29) is 11.5 Å². The van der Waals surface area contributed by atoms with Gasteiger partial charge in [-0.3, -0.25) is 0 Å². The first-order chi connectivity index (χ1) is 10.8. The molecule has 1 saturated carbocycles. The number of aliphatic hydroxyl groups excluding tert-OH is 2. The molecule has 5 aliphatic rings. The van der Waals surface area contributed by atoms with Gasteiger partial charge in [0.25, 0.3) is 0 Å². The summed E-state index contributed by atoms with van der Waals surface area (Å²) in [4.78, 5) is 0. The second-order valence-corrected chi connectivity index (χ2v) is 9.24. The quantitative estimate of drug-likeness (QED) is 0.672. The zero-order valence-electron chi connectivity index (χ0n) is 15.0. The molecule has 0 spiro atoms. The van der Waals surface area contributed by atoms with E-state index >= 15 is 0 Å². The summed E-state index contributed by atoms with van der Waals surface area (Å²) >= 11 is 0. The molecule has 2 heterocycles. The maximum Gasteiger partial charge on any atom is 0.102 e. The third kappa shape index (κ3) is 1.99. The lowest BCUT2D eigenvalue weighted by Crippen LogP contribution is -2.64. The van der Waals surface area contributed by atoms with Gasteiger partial charge in [-0.15, -0.1) is 0 Å². The zero-order chi connectivity index (χ0) is 16.6. The lowest BCUT2D eigenvalue weighted by atomic mass is 9.57. The summed E-state index contributed by atoms with van der Waals surface area (Å²) < 4.78 is 6.57. The number of aliphatic hydroxyl groups is 2. The molecule has 130 valence electrons. The fourth-order valence-corrected chi connectivity index (χ4v) is 6.46. The zero-order valence-corrected chi connectivity index (χ0v) is 15.0. The van der Waals surface area contributed by atoms with Gasteiger partial charge in [-0.2, -0.15) is 0 Å². The van der Waals surface area contributed by atoms with Crippen molar-refractivity contribution in [3.8, 4) is 0 Å². The standard InChI is InChI=1S/C20H32O3/c1-11-5-7-13-12(2)16-14-9-10-19(16,3)18(17(13)22)23-20(14,4)15(21)8-6-11/h11,14-18,21-22H,5-10H2,1-4H3/t11-,14-,15+,16-,17+,18-,19+,20-/m1/s1. The Balaban J connectivity index is 1.88. The van der Waals surface area contributed by atoms with Crippen molar-refractivity contribution in [3.05, 3.63) is 11.1 Å². The van der Waals surface area contributed by atoms with Gasteiger partial charge < -0.3 is 14.9 Å². The summed E-state index contributed by atoms with van der Waals surface area (Å²) in [6, 6.07) is 0. The van der Waals surface area contributed by atoms with E-state index in [4.69, 9.17) is 4.74 Å². The van der Waals surface area contributed by atoms with Gasteiger partial charge in [0.2, 0.25) is 0 Å². The molecule has 3 heteroatoms. The Hall–Kier alpha value is -0.380. The lowest BCUT2D eigenvalue weighted by molar-refractivity contribution is -0.263. The normalized spacial score (nSPS) is 56.1. The van der Waals surface area contributed by atoms with Crippen LogP contribution in [0.3, 0.4) is 0 Å². The van der Waals surface area contributed by atoms with Crippen LogP contribution in [-0.2, 0) is 4.74 Å². The first-order valence-corrected chi connectivity index (χ1v) is 9.52. The molecule has 0 amide bonds. The predicted molar refractivity (Wildman–Crippen MR) is 89.9 cm³/mol. The molecule has 3 fully saturated rings. The van der Waals surface area contributed by atoms with Gasteiger partial charge >= 0.3 is 0 Å². The molecule has 2 aliphatic heterocycles. The summed E-state index contributed by atoms with van der Waals surface area (Å²) in [7, 11) is 0. The van der Waals surface area contributed by atoms with E-state index in [2.05, 4.69) is 27.7 Å². The summed E-state index contributed by atoms with van der Waals surface area (Å²) in [6.07, 6.45) is 5.09. The Morgan fingerprint density at radius 2 is 1.83 bits per heavy atom. The molecule has 0 unspecified atom stereocenters. The topological polar surface area (TPSA) is 49.7 Å². The Labute approximate surface area is 140 Å². The van der Waals surface area contributed by atoms with Gasteiger partial charge in [-0.25, -0.2) is 0 Å². The van der Waals surface area contributed by atoms with Crippen molar-refractivity contribution >= 4 is 0 Å². The highest BCUT2D eigenvalue weighted by Gasteiger charge is 2.67. The van der Waals surface area contributed by atoms with Crippen LogP contribution in [0.4, 0.5) is 0 Å². The number of hydrogen-bond donors (Lipinski definition) is 2. The van der Waals surface area contributed by atoms with Gasteiger partial charge in [0.15, 0.2) is 0 Å². The van der Waals surface area contributed by atoms with Crippen LogP contribution in [-0.4, -0.2) is 34.1 Å². The highest BCUT2D eigenvalue weighted by atomic mass is 16.5. The smallest absolute Gasteiger partial charge is 0.102 e. The van der Waals surface area contributed by atoms with Crippen LogP contribution < -0.4 is 0 Å². The van der Waals surface area contributed by atoms with Crippen molar-refractivity contribution in [2.75, 3.05) is 0 Å². The highest BCUT2D eigenvalue weighted by Crippen LogP contribution is 2.65.